The van der Waals surface area contributed by atoms with Crippen molar-refractivity contribution in [2.45, 2.75) is 18.8 Å². The number of carbonyl (C=O) groups is 1. The summed E-state index contributed by atoms with van der Waals surface area (Å²) in [6.07, 6.45) is 2.73. The van der Waals surface area contributed by atoms with Gasteiger partial charge in [0.2, 0.25) is 0 Å². The molecule has 2 N–H and O–H groups in total. The number of H-pyrrole nitrogens is 1. The number of aromatic amines is 1. The highest BCUT2D eigenvalue weighted by atomic mass is 16.4. The van der Waals surface area contributed by atoms with Crippen molar-refractivity contribution in [2.24, 2.45) is 0 Å². The van der Waals surface area contributed by atoms with Crippen LogP contribution in [0.15, 0.2) is 12.3 Å². The summed E-state index contributed by atoms with van der Waals surface area (Å²) in [4.78, 5) is 12.1. The van der Waals surface area contributed by atoms with Crippen LogP contribution in [-0.4, -0.2) is 39.4 Å². The van der Waals surface area contributed by atoms with Gasteiger partial charge in [0.1, 0.15) is 0 Å². The lowest BCUT2D eigenvalue weighted by atomic mass is 9.94. The molecule has 1 aliphatic heterocycles. The molecule has 14 heavy (non-hydrogen) atoms. The van der Waals surface area contributed by atoms with E-state index in [2.05, 4.69) is 10.2 Å². The molecule has 2 rings (SSSR count). The molecule has 0 spiro atoms. The Morgan fingerprint density at radius 3 is 2.79 bits per heavy atom. The number of hydrogen-bond donors (Lipinski definition) is 2. The summed E-state index contributed by atoms with van der Waals surface area (Å²) < 4.78 is 0. The van der Waals surface area contributed by atoms with Crippen molar-refractivity contribution in [3.63, 3.8) is 0 Å². The Morgan fingerprint density at radius 1 is 1.57 bits per heavy atom. The fraction of sp³-hybridized carbons (Fsp3) is 0.556. The fourth-order valence-electron chi connectivity index (χ4n) is 1.87. The van der Waals surface area contributed by atoms with Gasteiger partial charge >= 0.3 is 6.09 Å². The van der Waals surface area contributed by atoms with E-state index in [9.17, 15) is 4.79 Å². The summed E-state index contributed by atoms with van der Waals surface area (Å²) in [5, 5.41) is 15.7. The van der Waals surface area contributed by atoms with Crippen LogP contribution in [0.25, 0.3) is 0 Å². The minimum absolute atomic E-state index is 0.414. The molecule has 0 unspecified atom stereocenters. The van der Waals surface area contributed by atoms with Crippen molar-refractivity contribution in [3.8, 4) is 0 Å². The first-order chi connectivity index (χ1) is 6.77. The third-order valence-electron chi connectivity index (χ3n) is 2.71. The molecule has 0 bridgehead atoms. The van der Waals surface area contributed by atoms with E-state index < -0.39 is 6.09 Å². The first kappa shape index (κ1) is 9.05. The Bertz CT molecular complexity index is 302. The number of nitrogens with zero attached hydrogens (tertiary/aromatic N) is 2. The first-order valence-electron chi connectivity index (χ1n) is 4.75. The second kappa shape index (κ2) is 3.69. The maximum atomic E-state index is 10.7. The lowest BCUT2D eigenvalue weighted by molar-refractivity contribution is 0.131. The second-order valence-corrected chi connectivity index (χ2v) is 3.54. The highest BCUT2D eigenvalue weighted by molar-refractivity contribution is 5.65. The van der Waals surface area contributed by atoms with Gasteiger partial charge in [-0.2, -0.15) is 5.10 Å². The number of rotatable bonds is 1. The largest absolute Gasteiger partial charge is 0.465 e. The number of piperidine rings is 1. The van der Waals surface area contributed by atoms with E-state index in [4.69, 9.17) is 5.11 Å². The number of likely N-dealkylation sites (tertiary alicyclic amines) is 1. The van der Waals surface area contributed by atoms with Crippen LogP contribution in [0.4, 0.5) is 4.79 Å². The Kier molecular flexibility index (Phi) is 2.39. The topological polar surface area (TPSA) is 69.2 Å². The standard InChI is InChI=1S/C9H13N3O2/c13-9(14)12-5-2-7(3-6-12)8-1-4-10-11-8/h1,4,7H,2-3,5-6H2,(H,10,11)(H,13,14). The lowest BCUT2D eigenvalue weighted by Gasteiger charge is -2.28. The summed E-state index contributed by atoms with van der Waals surface area (Å²) in [7, 11) is 0. The van der Waals surface area contributed by atoms with Gasteiger partial charge in [0.15, 0.2) is 0 Å². The third-order valence-corrected chi connectivity index (χ3v) is 2.71. The zero-order valence-corrected chi connectivity index (χ0v) is 7.81. The van der Waals surface area contributed by atoms with Gasteiger partial charge in [-0.15, -0.1) is 0 Å². The highest BCUT2D eigenvalue weighted by Gasteiger charge is 2.24. The summed E-state index contributed by atoms with van der Waals surface area (Å²) in [5.41, 5.74) is 1.05. The average Bonchev–Trinajstić information content (AvgIpc) is 2.71. The molecule has 2 heterocycles. The molecular weight excluding hydrogens is 182 g/mol. The van der Waals surface area contributed by atoms with Crippen LogP contribution < -0.4 is 0 Å². The van der Waals surface area contributed by atoms with Gasteiger partial charge in [-0.25, -0.2) is 4.79 Å². The molecule has 1 aromatic rings. The van der Waals surface area contributed by atoms with Crippen molar-refractivity contribution in [1.29, 1.82) is 0 Å². The molecule has 0 aromatic carbocycles. The van der Waals surface area contributed by atoms with Crippen molar-refractivity contribution in [2.75, 3.05) is 13.1 Å². The molecule has 5 nitrogen and oxygen atoms in total. The van der Waals surface area contributed by atoms with Gasteiger partial charge in [-0.1, -0.05) is 0 Å². The molecule has 0 saturated carbocycles. The molecule has 1 fully saturated rings. The van der Waals surface area contributed by atoms with Crippen LogP contribution in [0, 0.1) is 0 Å². The number of aromatic nitrogens is 2. The quantitative estimate of drug-likeness (QED) is 0.708. The van der Waals surface area contributed by atoms with Gasteiger partial charge in [-0.3, -0.25) is 5.10 Å². The zero-order valence-electron chi connectivity index (χ0n) is 7.81. The summed E-state index contributed by atoms with van der Waals surface area (Å²) in [6.45, 7) is 1.24. The minimum Gasteiger partial charge on any atom is -0.465 e. The van der Waals surface area contributed by atoms with Crippen LogP contribution in [0.5, 0.6) is 0 Å². The molecule has 1 aliphatic rings. The Labute approximate surface area is 81.7 Å². The average molecular weight is 195 g/mol. The molecule has 0 aliphatic carbocycles. The van der Waals surface area contributed by atoms with Crippen molar-refractivity contribution in [1.82, 2.24) is 15.1 Å². The molecule has 5 heteroatoms. The smallest absolute Gasteiger partial charge is 0.407 e. The number of carboxylic acid groups (broad SMARTS) is 1. The van der Waals surface area contributed by atoms with Crippen LogP contribution in [-0.2, 0) is 0 Å². The van der Waals surface area contributed by atoms with Crippen molar-refractivity contribution >= 4 is 6.09 Å². The van der Waals surface area contributed by atoms with E-state index in [0.29, 0.717) is 19.0 Å². The van der Waals surface area contributed by atoms with E-state index in [1.807, 2.05) is 6.07 Å². The fourth-order valence-corrected chi connectivity index (χ4v) is 1.87. The molecular formula is C9H13N3O2. The zero-order chi connectivity index (χ0) is 9.97. The third kappa shape index (κ3) is 1.71. The summed E-state index contributed by atoms with van der Waals surface area (Å²) in [6, 6.07) is 1.96. The van der Waals surface area contributed by atoms with E-state index in [-0.39, 0.29) is 0 Å². The Morgan fingerprint density at radius 2 is 2.29 bits per heavy atom. The maximum absolute atomic E-state index is 10.7. The predicted octanol–water partition coefficient (Wildman–Crippen LogP) is 1.27. The maximum Gasteiger partial charge on any atom is 0.407 e. The number of nitrogens with one attached hydrogen (secondary N) is 1. The number of hydrogen-bond acceptors (Lipinski definition) is 2. The van der Waals surface area contributed by atoms with E-state index >= 15 is 0 Å². The molecule has 76 valence electrons. The first-order valence-corrected chi connectivity index (χ1v) is 4.75. The molecule has 1 saturated heterocycles. The van der Waals surface area contributed by atoms with Gasteiger partial charge in [0.05, 0.1) is 5.69 Å². The highest BCUT2D eigenvalue weighted by Crippen LogP contribution is 2.25. The van der Waals surface area contributed by atoms with E-state index in [0.717, 1.165) is 18.5 Å². The Balaban J connectivity index is 1.93. The lowest BCUT2D eigenvalue weighted by Crippen LogP contribution is -2.36. The minimum atomic E-state index is -0.814. The number of amides is 1. The predicted molar refractivity (Wildman–Crippen MR) is 50.2 cm³/mol. The molecule has 1 aromatic heterocycles. The summed E-state index contributed by atoms with van der Waals surface area (Å²) >= 11 is 0. The van der Waals surface area contributed by atoms with Gasteiger partial charge < -0.3 is 10.0 Å². The molecule has 1 amide bonds. The van der Waals surface area contributed by atoms with Gasteiger partial charge in [0, 0.05) is 25.2 Å². The van der Waals surface area contributed by atoms with Gasteiger partial charge in [0.25, 0.3) is 0 Å². The summed E-state index contributed by atoms with van der Waals surface area (Å²) in [5.74, 6) is 0.414. The normalized spacial score (nSPS) is 18.4. The monoisotopic (exact) mass is 195 g/mol. The van der Waals surface area contributed by atoms with Crippen molar-refractivity contribution in [3.05, 3.63) is 18.0 Å². The molecule has 0 radical (unpaired) electrons. The van der Waals surface area contributed by atoms with Gasteiger partial charge in [-0.05, 0) is 18.9 Å². The van der Waals surface area contributed by atoms with Crippen LogP contribution in [0.3, 0.4) is 0 Å². The van der Waals surface area contributed by atoms with Crippen molar-refractivity contribution < 1.29 is 9.90 Å². The van der Waals surface area contributed by atoms with E-state index in [1.165, 1.54) is 4.90 Å². The van der Waals surface area contributed by atoms with E-state index in [1.54, 1.807) is 6.20 Å². The van der Waals surface area contributed by atoms with Crippen LogP contribution in [0.1, 0.15) is 24.5 Å². The second-order valence-electron chi connectivity index (χ2n) is 3.54. The molecule has 0 atom stereocenters. The van der Waals surface area contributed by atoms with Crippen LogP contribution in [0.2, 0.25) is 0 Å². The Hall–Kier alpha value is -1.52. The SMILES string of the molecule is O=C(O)N1CCC(c2cc[nH]n2)CC1. The van der Waals surface area contributed by atoms with Crippen LogP contribution >= 0.6 is 0 Å².